The summed E-state index contributed by atoms with van der Waals surface area (Å²) in [6, 6.07) is 13.3. The van der Waals surface area contributed by atoms with Crippen molar-refractivity contribution < 1.29 is 9.53 Å². The van der Waals surface area contributed by atoms with Gasteiger partial charge in [0.05, 0.1) is 15.1 Å². The van der Waals surface area contributed by atoms with Gasteiger partial charge >= 0.3 is 0 Å². The highest BCUT2D eigenvalue weighted by atomic mass is 35.5. The number of nitrogens with one attached hydrogen (secondary N) is 1. The molecule has 1 N–H and O–H groups in total. The average Bonchev–Trinajstić information content (AvgIpc) is 2.70. The second-order valence-electron chi connectivity index (χ2n) is 6.46. The Labute approximate surface area is 179 Å². The van der Waals surface area contributed by atoms with Gasteiger partial charge in [0, 0.05) is 44.3 Å². The molecule has 28 heavy (non-hydrogen) atoms. The Bertz CT molecular complexity index is 849. The molecule has 0 spiro atoms. The van der Waals surface area contributed by atoms with Crippen molar-refractivity contribution >= 4 is 46.4 Å². The van der Waals surface area contributed by atoms with Crippen LogP contribution in [0.2, 0.25) is 15.1 Å². The molecular weight excluding hydrogens is 421 g/mol. The van der Waals surface area contributed by atoms with Crippen LogP contribution in [-0.2, 0) is 11.3 Å². The largest absolute Gasteiger partial charge is 0.482 e. The van der Waals surface area contributed by atoms with Crippen LogP contribution < -0.4 is 10.2 Å². The zero-order chi connectivity index (χ0) is 19.9. The van der Waals surface area contributed by atoms with Crippen molar-refractivity contribution in [3.63, 3.8) is 0 Å². The van der Waals surface area contributed by atoms with E-state index in [-0.39, 0.29) is 12.5 Å². The monoisotopic (exact) mass is 439 g/mol. The summed E-state index contributed by atoms with van der Waals surface area (Å²) in [6.07, 6.45) is 1.65. The maximum Gasteiger partial charge on any atom is 0.277 e. The number of hydrazone groups is 1. The topological polar surface area (TPSA) is 53.9 Å². The van der Waals surface area contributed by atoms with Gasteiger partial charge in [-0.25, -0.2) is 5.43 Å². The quantitative estimate of drug-likeness (QED) is 0.519. The Hall–Kier alpha value is -1.79. The highest BCUT2D eigenvalue weighted by molar-refractivity contribution is 6.43. The lowest BCUT2D eigenvalue weighted by Gasteiger charge is -2.27. The Morgan fingerprint density at radius 3 is 2.43 bits per heavy atom. The van der Waals surface area contributed by atoms with Crippen molar-refractivity contribution in [1.82, 2.24) is 10.3 Å². The minimum atomic E-state index is -0.360. The van der Waals surface area contributed by atoms with Gasteiger partial charge < -0.3 is 4.74 Å². The number of amides is 1. The van der Waals surface area contributed by atoms with Crippen LogP contribution in [0.1, 0.15) is 18.4 Å². The van der Waals surface area contributed by atoms with E-state index >= 15 is 0 Å². The molecule has 1 aliphatic heterocycles. The van der Waals surface area contributed by atoms with Crippen molar-refractivity contribution in [3.05, 3.63) is 63.1 Å². The maximum absolute atomic E-state index is 12.0. The summed E-state index contributed by atoms with van der Waals surface area (Å²) < 4.78 is 5.39. The first kappa shape index (κ1) is 20.9. The molecule has 0 atom stereocenters. The summed E-state index contributed by atoms with van der Waals surface area (Å²) in [4.78, 5) is 14.4. The molecule has 5 nitrogen and oxygen atoms in total. The minimum Gasteiger partial charge on any atom is -0.482 e. The molecule has 0 aliphatic carbocycles. The molecule has 1 aliphatic rings. The van der Waals surface area contributed by atoms with Crippen molar-refractivity contribution in [2.24, 2.45) is 5.10 Å². The molecule has 3 rings (SSSR count). The number of carbonyl (C=O) groups is 1. The second kappa shape index (κ2) is 10.1. The van der Waals surface area contributed by atoms with Crippen LogP contribution in [0.25, 0.3) is 0 Å². The van der Waals surface area contributed by atoms with E-state index in [0.29, 0.717) is 20.8 Å². The van der Waals surface area contributed by atoms with Gasteiger partial charge in [0.2, 0.25) is 0 Å². The number of hydrogen-bond donors (Lipinski definition) is 1. The Balaban J connectivity index is 1.42. The number of ether oxygens (including phenoxy) is 1. The van der Waals surface area contributed by atoms with Gasteiger partial charge in [-0.15, -0.1) is 0 Å². The van der Waals surface area contributed by atoms with Crippen LogP contribution >= 0.6 is 34.8 Å². The standard InChI is InChI=1S/C20H20Cl3N3O2/c21-16-10-18(23)19(11-17(16)22)28-13-20(27)25-24-15-6-8-26(9-7-15)12-14-4-2-1-3-5-14/h1-5,10-11H,6-9,12-13H2,(H,25,27). The molecule has 0 aromatic heterocycles. The van der Waals surface area contributed by atoms with Crippen LogP contribution in [0, 0.1) is 0 Å². The lowest BCUT2D eigenvalue weighted by molar-refractivity contribution is -0.123. The molecule has 1 heterocycles. The van der Waals surface area contributed by atoms with Gasteiger partial charge in [0.25, 0.3) is 5.91 Å². The van der Waals surface area contributed by atoms with Gasteiger partial charge in [0.15, 0.2) is 6.61 Å². The van der Waals surface area contributed by atoms with Crippen LogP contribution in [0.15, 0.2) is 47.6 Å². The lowest BCUT2D eigenvalue weighted by atomic mass is 10.1. The third-order valence-electron chi connectivity index (χ3n) is 4.35. The van der Waals surface area contributed by atoms with Crippen LogP contribution in [0.4, 0.5) is 0 Å². The number of piperidine rings is 1. The van der Waals surface area contributed by atoms with E-state index < -0.39 is 0 Å². The zero-order valence-electron chi connectivity index (χ0n) is 15.1. The lowest BCUT2D eigenvalue weighted by Crippen LogP contribution is -2.35. The fourth-order valence-corrected chi connectivity index (χ4v) is 3.45. The van der Waals surface area contributed by atoms with Gasteiger partial charge in [-0.05, 0) is 11.6 Å². The van der Waals surface area contributed by atoms with E-state index in [1.54, 1.807) is 0 Å². The Morgan fingerprint density at radius 1 is 1.04 bits per heavy atom. The van der Waals surface area contributed by atoms with Gasteiger partial charge in [-0.3, -0.25) is 9.69 Å². The first-order valence-electron chi connectivity index (χ1n) is 8.89. The number of hydrogen-bond acceptors (Lipinski definition) is 4. The van der Waals surface area contributed by atoms with E-state index in [1.165, 1.54) is 17.7 Å². The van der Waals surface area contributed by atoms with Crippen molar-refractivity contribution in [2.75, 3.05) is 19.7 Å². The number of halogens is 3. The van der Waals surface area contributed by atoms with Gasteiger partial charge in [0.1, 0.15) is 5.75 Å². The summed E-state index contributed by atoms with van der Waals surface area (Å²) in [7, 11) is 0. The van der Waals surface area contributed by atoms with Crippen LogP contribution in [0.3, 0.4) is 0 Å². The fourth-order valence-electron chi connectivity index (χ4n) is 2.85. The van der Waals surface area contributed by atoms with Gasteiger partial charge in [-0.1, -0.05) is 65.1 Å². The second-order valence-corrected chi connectivity index (χ2v) is 7.68. The third-order valence-corrected chi connectivity index (χ3v) is 5.37. The van der Waals surface area contributed by atoms with E-state index in [0.717, 1.165) is 38.2 Å². The third kappa shape index (κ3) is 6.11. The SMILES string of the molecule is O=C(COc1cc(Cl)c(Cl)cc1Cl)NN=C1CCN(Cc2ccccc2)CC1. The van der Waals surface area contributed by atoms with Crippen molar-refractivity contribution in [2.45, 2.75) is 19.4 Å². The Kier molecular flexibility index (Phi) is 7.57. The van der Waals surface area contributed by atoms with Crippen molar-refractivity contribution in [3.8, 4) is 5.75 Å². The fraction of sp³-hybridized carbons (Fsp3) is 0.300. The molecule has 2 aromatic carbocycles. The van der Waals surface area contributed by atoms with E-state index in [9.17, 15) is 4.79 Å². The summed E-state index contributed by atoms with van der Waals surface area (Å²) >= 11 is 17.8. The first-order valence-corrected chi connectivity index (χ1v) is 10.0. The summed E-state index contributed by atoms with van der Waals surface area (Å²) in [5.74, 6) is -0.0607. The van der Waals surface area contributed by atoms with Crippen LogP contribution in [-0.4, -0.2) is 36.2 Å². The highest BCUT2D eigenvalue weighted by Gasteiger charge is 2.16. The van der Waals surface area contributed by atoms with E-state index in [4.69, 9.17) is 39.5 Å². The number of nitrogens with zero attached hydrogens (tertiary/aromatic N) is 2. The molecule has 1 amide bonds. The number of rotatable bonds is 6. The molecule has 1 fully saturated rings. The Morgan fingerprint density at radius 2 is 1.71 bits per heavy atom. The number of benzene rings is 2. The molecule has 0 radical (unpaired) electrons. The maximum atomic E-state index is 12.0. The minimum absolute atomic E-state index is 0.214. The van der Waals surface area contributed by atoms with Crippen LogP contribution in [0.5, 0.6) is 5.75 Å². The molecule has 1 saturated heterocycles. The molecule has 0 saturated carbocycles. The molecule has 2 aromatic rings. The molecule has 0 bridgehead atoms. The average molecular weight is 441 g/mol. The highest BCUT2D eigenvalue weighted by Crippen LogP contribution is 2.33. The van der Waals surface area contributed by atoms with E-state index in [1.807, 2.05) is 6.07 Å². The number of likely N-dealkylation sites (tertiary alicyclic amines) is 1. The van der Waals surface area contributed by atoms with E-state index in [2.05, 4.69) is 39.7 Å². The summed E-state index contributed by atoms with van der Waals surface area (Å²) in [5, 5.41) is 5.15. The summed E-state index contributed by atoms with van der Waals surface area (Å²) in [5.41, 5.74) is 4.81. The number of carbonyl (C=O) groups excluding carboxylic acids is 1. The molecule has 8 heteroatoms. The predicted molar refractivity (Wildman–Crippen MR) is 113 cm³/mol. The zero-order valence-corrected chi connectivity index (χ0v) is 17.4. The first-order chi connectivity index (χ1) is 13.5. The van der Waals surface area contributed by atoms with Gasteiger partial charge in [-0.2, -0.15) is 5.10 Å². The van der Waals surface area contributed by atoms with Crippen molar-refractivity contribution in [1.29, 1.82) is 0 Å². The normalized spacial score (nSPS) is 14.6. The molecule has 148 valence electrons. The molecule has 0 unspecified atom stereocenters. The summed E-state index contributed by atoms with van der Waals surface area (Å²) in [6.45, 7) is 2.55. The molecular formula is C20H20Cl3N3O2. The smallest absolute Gasteiger partial charge is 0.277 e. The predicted octanol–water partition coefficient (Wildman–Crippen LogP) is 4.79.